The third kappa shape index (κ3) is 3.14. The van der Waals surface area contributed by atoms with Crippen molar-refractivity contribution in [3.63, 3.8) is 0 Å². The lowest BCUT2D eigenvalue weighted by Crippen LogP contribution is -2.08. The van der Waals surface area contributed by atoms with E-state index in [0.717, 1.165) is 41.4 Å². The van der Waals surface area contributed by atoms with Gasteiger partial charge in [0.2, 0.25) is 0 Å². The van der Waals surface area contributed by atoms with Gasteiger partial charge in [0.05, 0.1) is 0 Å². The number of anilines is 1. The van der Waals surface area contributed by atoms with E-state index in [1.165, 1.54) is 5.56 Å². The second kappa shape index (κ2) is 6.92. The highest BCUT2D eigenvalue weighted by Crippen LogP contribution is 2.30. The summed E-state index contributed by atoms with van der Waals surface area (Å²) < 4.78 is 2.15. The molecule has 130 valence electrons. The Labute approximate surface area is 152 Å². The van der Waals surface area contributed by atoms with E-state index in [1.54, 1.807) is 12.1 Å². The van der Waals surface area contributed by atoms with Gasteiger partial charge >= 0.3 is 0 Å². The number of benzene rings is 2. The number of pyridine rings is 1. The van der Waals surface area contributed by atoms with Gasteiger partial charge in [0, 0.05) is 17.8 Å². The Morgan fingerprint density at radius 3 is 2.46 bits per heavy atom. The van der Waals surface area contributed by atoms with Crippen LogP contribution in [0.1, 0.15) is 11.3 Å². The predicted molar refractivity (Wildman–Crippen MR) is 106 cm³/mol. The fourth-order valence-corrected chi connectivity index (χ4v) is 3.21. The van der Waals surface area contributed by atoms with Crippen molar-refractivity contribution in [1.29, 1.82) is 0 Å². The number of fused-ring (bicyclic) bond motifs is 1. The molecule has 0 amide bonds. The van der Waals surface area contributed by atoms with Crippen LogP contribution in [0.15, 0.2) is 72.8 Å². The molecule has 2 aromatic carbocycles. The lowest BCUT2D eigenvalue weighted by atomic mass is 10.1. The lowest BCUT2D eigenvalue weighted by molar-refractivity contribution is 0.475. The van der Waals surface area contributed by atoms with Gasteiger partial charge < -0.3 is 10.4 Å². The Balaban J connectivity index is 1.70. The van der Waals surface area contributed by atoms with Crippen molar-refractivity contribution < 1.29 is 5.11 Å². The van der Waals surface area contributed by atoms with Crippen molar-refractivity contribution in [3.05, 3.63) is 84.1 Å². The van der Waals surface area contributed by atoms with Crippen molar-refractivity contribution >= 4 is 11.5 Å². The average Bonchev–Trinajstić information content (AvgIpc) is 3.03. The predicted octanol–water partition coefficient (Wildman–Crippen LogP) is 4.67. The second-order valence-electron chi connectivity index (χ2n) is 6.38. The molecule has 4 heteroatoms. The molecule has 0 unspecified atom stereocenters. The van der Waals surface area contributed by atoms with Crippen LogP contribution in [-0.4, -0.2) is 21.0 Å². The van der Waals surface area contributed by atoms with E-state index in [4.69, 9.17) is 4.98 Å². The molecule has 0 saturated heterocycles. The summed E-state index contributed by atoms with van der Waals surface area (Å²) >= 11 is 0. The van der Waals surface area contributed by atoms with Crippen LogP contribution in [0.3, 0.4) is 0 Å². The summed E-state index contributed by atoms with van der Waals surface area (Å²) in [4.78, 5) is 4.82. The number of nitrogens with zero attached hydrogens (tertiary/aromatic N) is 2. The summed E-state index contributed by atoms with van der Waals surface area (Å²) in [5.74, 6) is 1.24. The molecule has 2 aromatic heterocycles. The van der Waals surface area contributed by atoms with E-state index >= 15 is 0 Å². The first-order valence-corrected chi connectivity index (χ1v) is 8.77. The molecule has 0 aliphatic rings. The summed E-state index contributed by atoms with van der Waals surface area (Å²) in [7, 11) is 0. The molecule has 0 saturated carbocycles. The number of imidazole rings is 1. The largest absolute Gasteiger partial charge is 0.508 e. The van der Waals surface area contributed by atoms with Crippen LogP contribution in [-0.2, 0) is 6.42 Å². The number of aryl methyl sites for hydroxylation is 1. The maximum absolute atomic E-state index is 9.58. The number of phenolic OH excluding ortho intramolecular Hbond substituents is 1. The second-order valence-corrected chi connectivity index (χ2v) is 6.38. The van der Waals surface area contributed by atoms with Gasteiger partial charge in [-0.2, -0.15) is 0 Å². The van der Waals surface area contributed by atoms with Gasteiger partial charge in [-0.05, 0) is 55.3 Å². The van der Waals surface area contributed by atoms with E-state index in [2.05, 4.69) is 47.0 Å². The van der Waals surface area contributed by atoms with Crippen LogP contribution < -0.4 is 5.32 Å². The third-order valence-corrected chi connectivity index (χ3v) is 4.53. The summed E-state index contributed by atoms with van der Waals surface area (Å²) in [6, 6.07) is 23.7. The zero-order chi connectivity index (χ0) is 17.9. The van der Waals surface area contributed by atoms with E-state index in [-0.39, 0.29) is 5.75 Å². The molecule has 0 aliphatic carbocycles. The van der Waals surface area contributed by atoms with Gasteiger partial charge in [-0.15, -0.1) is 0 Å². The Morgan fingerprint density at radius 1 is 0.923 bits per heavy atom. The van der Waals surface area contributed by atoms with Crippen LogP contribution in [0.25, 0.3) is 16.9 Å². The molecule has 0 bridgehead atoms. The van der Waals surface area contributed by atoms with Crippen LogP contribution >= 0.6 is 0 Å². The summed E-state index contributed by atoms with van der Waals surface area (Å²) in [6.07, 6.45) is 0.939. The molecule has 4 rings (SSSR count). The van der Waals surface area contributed by atoms with Crippen molar-refractivity contribution in [2.45, 2.75) is 13.3 Å². The number of nitrogens with one attached hydrogen (secondary N) is 1. The van der Waals surface area contributed by atoms with Gasteiger partial charge in [0.25, 0.3) is 0 Å². The first-order chi connectivity index (χ1) is 12.7. The third-order valence-electron chi connectivity index (χ3n) is 4.53. The van der Waals surface area contributed by atoms with Crippen LogP contribution in [0.4, 0.5) is 5.82 Å². The average molecular weight is 343 g/mol. The van der Waals surface area contributed by atoms with Crippen molar-refractivity contribution in [1.82, 2.24) is 9.38 Å². The molecule has 2 N–H and O–H groups in total. The van der Waals surface area contributed by atoms with E-state index < -0.39 is 0 Å². The highest BCUT2D eigenvalue weighted by molar-refractivity contribution is 5.77. The number of phenols is 1. The summed E-state index contributed by atoms with van der Waals surface area (Å²) in [6.45, 7) is 2.90. The topological polar surface area (TPSA) is 49.6 Å². The van der Waals surface area contributed by atoms with Crippen molar-refractivity contribution in [3.8, 4) is 17.0 Å². The number of hydrogen-bond donors (Lipinski definition) is 2. The number of aromatic hydroxyl groups is 1. The van der Waals surface area contributed by atoms with E-state index in [1.807, 2.05) is 30.3 Å². The first-order valence-electron chi connectivity index (χ1n) is 8.77. The molecule has 0 radical (unpaired) electrons. The highest BCUT2D eigenvalue weighted by Gasteiger charge is 2.15. The van der Waals surface area contributed by atoms with Crippen molar-refractivity contribution in [2.75, 3.05) is 11.9 Å². The molecule has 0 aliphatic heterocycles. The van der Waals surface area contributed by atoms with Gasteiger partial charge in [0.15, 0.2) is 0 Å². The minimum Gasteiger partial charge on any atom is -0.508 e. The van der Waals surface area contributed by atoms with E-state index in [0.29, 0.717) is 0 Å². The Morgan fingerprint density at radius 2 is 1.69 bits per heavy atom. The van der Waals surface area contributed by atoms with Crippen molar-refractivity contribution in [2.24, 2.45) is 0 Å². The number of aromatic nitrogens is 2. The van der Waals surface area contributed by atoms with Gasteiger partial charge in [0.1, 0.15) is 22.9 Å². The fourth-order valence-electron chi connectivity index (χ4n) is 3.21. The standard InChI is InChI=1S/C22H21N3O/c1-16-6-5-9-20-24-21(18-10-12-19(26)13-11-18)22(25(16)20)23-15-14-17-7-3-2-4-8-17/h2-13,23,26H,14-15H2,1H3. The van der Waals surface area contributed by atoms with Crippen LogP contribution in [0, 0.1) is 6.92 Å². The van der Waals surface area contributed by atoms with Gasteiger partial charge in [-0.25, -0.2) is 4.98 Å². The maximum Gasteiger partial charge on any atom is 0.139 e. The molecule has 0 spiro atoms. The zero-order valence-corrected chi connectivity index (χ0v) is 14.7. The van der Waals surface area contributed by atoms with Crippen LogP contribution in [0.2, 0.25) is 0 Å². The van der Waals surface area contributed by atoms with E-state index in [9.17, 15) is 5.11 Å². The smallest absolute Gasteiger partial charge is 0.139 e. The zero-order valence-electron chi connectivity index (χ0n) is 14.7. The molecule has 2 heterocycles. The fraction of sp³-hybridized carbons (Fsp3) is 0.136. The molecule has 26 heavy (non-hydrogen) atoms. The SMILES string of the molecule is Cc1cccc2nc(-c3ccc(O)cc3)c(NCCc3ccccc3)n12. The lowest BCUT2D eigenvalue weighted by Gasteiger charge is -2.11. The maximum atomic E-state index is 9.58. The molecule has 0 fully saturated rings. The summed E-state index contributed by atoms with van der Waals surface area (Å²) in [5.41, 5.74) is 5.22. The van der Waals surface area contributed by atoms with Crippen LogP contribution in [0.5, 0.6) is 5.75 Å². The Kier molecular flexibility index (Phi) is 4.32. The monoisotopic (exact) mass is 343 g/mol. The number of rotatable bonds is 5. The minimum atomic E-state index is 0.257. The molecular weight excluding hydrogens is 322 g/mol. The first kappa shape index (κ1) is 16.2. The minimum absolute atomic E-state index is 0.257. The molecular formula is C22H21N3O. The normalized spacial score (nSPS) is 11.0. The quantitative estimate of drug-likeness (QED) is 0.554. The molecule has 4 aromatic rings. The number of hydrogen-bond acceptors (Lipinski definition) is 3. The Hall–Kier alpha value is -3.27. The Bertz CT molecular complexity index is 1020. The van der Waals surface area contributed by atoms with Gasteiger partial charge in [-0.1, -0.05) is 36.4 Å². The molecule has 4 nitrogen and oxygen atoms in total. The molecule has 0 atom stereocenters. The summed E-state index contributed by atoms with van der Waals surface area (Å²) in [5, 5.41) is 13.2. The highest BCUT2D eigenvalue weighted by atomic mass is 16.3. The van der Waals surface area contributed by atoms with Gasteiger partial charge in [-0.3, -0.25) is 4.40 Å².